The molecule has 1 aromatic carbocycles. The van der Waals surface area contributed by atoms with Crippen molar-refractivity contribution in [3.63, 3.8) is 0 Å². The van der Waals surface area contributed by atoms with Crippen LogP contribution in [-0.4, -0.2) is 41.3 Å². The summed E-state index contributed by atoms with van der Waals surface area (Å²) < 4.78 is 11.0. The topological polar surface area (TPSA) is 60.4 Å². The molecule has 0 bridgehead atoms. The van der Waals surface area contributed by atoms with Crippen molar-refractivity contribution in [1.29, 1.82) is 0 Å². The molecule has 2 heterocycles. The van der Waals surface area contributed by atoms with Crippen molar-refractivity contribution in [3.05, 3.63) is 47.0 Å². The van der Waals surface area contributed by atoms with Gasteiger partial charge in [0, 0.05) is 13.1 Å². The predicted octanol–water partition coefficient (Wildman–Crippen LogP) is 2.08. The minimum absolute atomic E-state index is 0.190. The number of rotatable bonds is 5. The summed E-state index contributed by atoms with van der Waals surface area (Å²) in [6, 6.07) is 9.97. The molecule has 1 fully saturated rings. The number of nitrogens with zero attached hydrogens (tertiary/aromatic N) is 4. The van der Waals surface area contributed by atoms with E-state index in [4.69, 9.17) is 21.1 Å². The lowest BCUT2D eigenvalue weighted by atomic mass is 10.2. The molecule has 2 aromatic rings. The average Bonchev–Trinajstić information content (AvgIpc) is 2.56. The summed E-state index contributed by atoms with van der Waals surface area (Å²) >= 11 is 5.99. The fraction of sp³-hybridized carbons (Fsp3) is 0.400. The minimum Gasteiger partial charge on any atom is -0.378 e. The summed E-state index contributed by atoms with van der Waals surface area (Å²) in [6.45, 7) is 3.66. The largest absolute Gasteiger partial charge is 0.378 e. The van der Waals surface area contributed by atoms with E-state index in [0.29, 0.717) is 38.2 Å². The van der Waals surface area contributed by atoms with Crippen LogP contribution in [0.3, 0.4) is 0 Å². The van der Waals surface area contributed by atoms with Gasteiger partial charge in [-0.2, -0.15) is 9.97 Å². The first-order chi connectivity index (χ1) is 10.8. The van der Waals surface area contributed by atoms with Crippen LogP contribution >= 0.6 is 11.6 Å². The van der Waals surface area contributed by atoms with Crippen molar-refractivity contribution >= 4 is 17.5 Å². The fourth-order valence-corrected chi connectivity index (χ4v) is 2.36. The van der Waals surface area contributed by atoms with Crippen molar-refractivity contribution in [2.45, 2.75) is 13.2 Å². The SMILES string of the molecule is Clc1nc(COCc2ccccc2)nc(N2CCOCC2)n1. The molecule has 7 heteroatoms. The molecular weight excluding hydrogens is 304 g/mol. The third-order valence-corrected chi connectivity index (χ3v) is 3.45. The molecule has 0 amide bonds. The predicted molar refractivity (Wildman–Crippen MR) is 82.8 cm³/mol. The third kappa shape index (κ3) is 4.13. The van der Waals surface area contributed by atoms with Gasteiger partial charge in [-0.25, -0.2) is 4.98 Å². The average molecular weight is 321 g/mol. The molecule has 0 aliphatic carbocycles. The van der Waals surface area contributed by atoms with Crippen LogP contribution in [0, 0.1) is 0 Å². The summed E-state index contributed by atoms with van der Waals surface area (Å²) in [6.07, 6.45) is 0. The third-order valence-electron chi connectivity index (χ3n) is 3.28. The summed E-state index contributed by atoms with van der Waals surface area (Å²) in [5, 5.41) is 0.190. The van der Waals surface area contributed by atoms with E-state index in [1.165, 1.54) is 0 Å². The van der Waals surface area contributed by atoms with E-state index in [2.05, 4.69) is 15.0 Å². The van der Waals surface area contributed by atoms with E-state index >= 15 is 0 Å². The molecule has 0 N–H and O–H groups in total. The summed E-state index contributed by atoms with van der Waals surface area (Å²) in [5.74, 6) is 1.12. The molecule has 1 aliphatic rings. The van der Waals surface area contributed by atoms with E-state index in [1.54, 1.807) is 0 Å². The molecule has 116 valence electrons. The van der Waals surface area contributed by atoms with E-state index in [0.717, 1.165) is 18.7 Å². The Morgan fingerprint density at radius 1 is 1.05 bits per heavy atom. The number of aromatic nitrogens is 3. The Hall–Kier alpha value is -1.76. The highest BCUT2D eigenvalue weighted by molar-refractivity contribution is 6.28. The quantitative estimate of drug-likeness (QED) is 0.840. The lowest BCUT2D eigenvalue weighted by Crippen LogP contribution is -2.37. The van der Waals surface area contributed by atoms with Gasteiger partial charge in [0.05, 0.1) is 19.8 Å². The lowest BCUT2D eigenvalue weighted by Gasteiger charge is -2.26. The molecule has 0 saturated carbocycles. The monoisotopic (exact) mass is 320 g/mol. The van der Waals surface area contributed by atoms with Crippen molar-refractivity contribution < 1.29 is 9.47 Å². The fourth-order valence-electron chi connectivity index (χ4n) is 2.18. The van der Waals surface area contributed by atoms with Gasteiger partial charge in [-0.15, -0.1) is 0 Å². The molecule has 1 aliphatic heterocycles. The van der Waals surface area contributed by atoms with Gasteiger partial charge in [0.25, 0.3) is 0 Å². The smallest absolute Gasteiger partial charge is 0.230 e. The number of morpholine rings is 1. The molecule has 22 heavy (non-hydrogen) atoms. The van der Waals surface area contributed by atoms with Gasteiger partial charge in [0.1, 0.15) is 6.61 Å². The van der Waals surface area contributed by atoms with Crippen LogP contribution in [0.1, 0.15) is 11.4 Å². The van der Waals surface area contributed by atoms with Gasteiger partial charge in [-0.1, -0.05) is 30.3 Å². The molecule has 0 unspecified atom stereocenters. The van der Waals surface area contributed by atoms with Crippen LogP contribution in [0.4, 0.5) is 5.95 Å². The van der Waals surface area contributed by atoms with Crippen molar-refractivity contribution in [1.82, 2.24) is 15.0 Å². The lowest BCUT2D eigenvalue weighted by molar-refractivity contribution is 0.101. The van der Waals surface area contributed by atoms with Gasteiger partial charge >= 0.3 is 0 Å². The number of anilines is 1. The van der Waals surface area contributed by atoms with Crippen LogP contribution in [-0.2, 0) is 22.7 Å². The van der Waals surface area contributed by atoms with Crippen LogP contribution in [0.5, 0.6) is 0 Å². The molecule has 6 nitrogen and oxygen atoms in total. The van der Waals surface area contributed by atoms with Crippen molar-refractivity contribution in [3.8, 4) is 0 Å². The summed E-state index contributed by atoms with van der Waals surface area (Å²) in [7, 11) is 0. The highest BCUT2D eigenvalue weighted by atomic mass is 35.5. The number of ether oxygens (including phenoxy) is 2. The first-order valence-electron chi connectivity index (χ1n) is 7.16. The second kappa shape index (κ2) is 7.49. The van der Waals surface area contributed by atoms with Crippen molar-refractivity contribution in [2.75, 3.05) is 31.2 Å². The minimum atomic E-state index is 0.190. The Balaban J connectivity index is 1.62. The molecule has 1 aromatic heterocycles. The standard InChI is InChI=1S/C15H17ClN4O2/c16-14-17-13(11-22-10-12-4-2-1-3-5-12)18-15(19-14)20-6-8-21-9-7-20/h1-5H,6-11H2. The van der Waals surface area contributed by atoms with E-state index in [-0.39, 0.29) is 5.28 Å². The molecule has 3 rings (SSSR count). The Labute approximate surface area is 134 Å². The van der Waals surface area contributed by atoms with Crippen LogP contribution in [0.25, 0.3) is 0 Å². The first-order valence-corrected chi connectivity index (χ1v) is 7.54. The molecular formula is C15H17ClN4O2. The van der Waals surface area contributed by atoms with Crippen molar-refractivity contribution in [2.24, 2.45) is 0 Å². The van der Waals surface area contributed by atoms with Crippen LogP contribution in [0.15, 0.2) is 30.3 Å². The maximum Gasteiger partial charge on any atom is 0.230 e. The van der Waals surface area contributed by atoms with Gasteiger partial charge in [0.2, 0.25) is 11.2 Å². The van der Waals surface area contributed by atoms with E-state index in [9.17, 15) is 0 Å². The maximum absolute atomic E-state index is 5.99. The highest BCUT2D eigenvalue weighted by Crippen LogP contribution is 2.13. The van der Waals surface area contributed by atoms with E-state index < -0.39 is 0 Å². The number of hydrogen-bond acceptors (Lipinski definition) is 6. The van der Waals surface area contributed by atoms with Crippen LogP contribution < -0.4 is 4.90 Å². The zero-order valence-corrected chi connectivity index (χ0v) is 12.9. The normalized spacial score (nSPS) is 15.0. The Morgan fingerprint density at radius 2 is 1.82 bits per heavy atom. The second-order valence-electron chi connectivity index (χ2n) is 4.90. The molecule has 1 saturated heterocycles. The number of hydrogen-bond donors (Lipinski definition) is 0. The first kappa shape index (κ1) is 15.1. The summed E-state index contributed by atoms with van der Waals surface area (Å²) in [4.78, 5) is 14.8. The van der Waals surface area contributed by atoms with Gasteiger partial charge < -0.3 is 14.4 Å². The molecule has 0 spiro atoms. The van der Waals surface area contributed by atoms with E-state index in [1.807, 2.05) is 35.2 Å². The van der Waals surface area contributed by atoms with Crippen LogP contribution in [0.2, 0.25) is 5.28 Å². The molecule has 0 radical (unpaired) electrons. The Bertz CT molecular complexity index is 606. The zero-order chi connectivity index (χ0) is 15.2. The Kier molecular flexibility index (Phi) is 5.15. The highest BCUT2D eigenvalue weighted by Gasteiger charge is 2.16. The maximum atomic E-state index is 5.99. The molecule has 0 atom stereocenters. The van der Waals surface area contributed by atoms with Gasteiger partial charge in [-0.3, -0.25) is 0 Å². The summed E-state index contributed by atoms with van der Waals surface area (Å²) in [5.41, 5.74) is 1.11. The zero-order valence-electron chi connectivity index (χ0n) is 12.1. The number of halogens is 1. The van der Waals surface area contributed by atoms with Gasteiger partial charge in [0.15, 0.2) is 5.82 Å². The van der Waals surface area contributed by atoms with Gasteiger partial charge in [-0.05, 0) is 17.2 Å². The Morgan fingerprint density at radius 3 is 2.59 bits per heavy atom. The number of benzene rings is 1. The second-order valence-corrected chi connectivity index (χ2v) is 5.24.